The molecule has 0 aromatic carbocycles. The Morgan fingerprint density at radius 1 is 1.33 bits per heavy atom. The highest BCUT2D eigenvalue weighted by Crippen LogP contribution is 2.24. The van der Waals surface area contributed by atoms with Crippen LogP contribution in [0.5, 0.6) is 0 Å². The number of anilines is 1. The van der Waals surface area contributed by atoms with Crippen LogP contribution in [-0.2, 0) is 14.8 Å². The molecule has 1 aliphatic rings. The minimum atomic E-state index is -3.17. The molecule has 0 aliphatic carbocycles. The number of pyridine rings is 1. The Bertz CT molecular complexity index is 626. The molecule has 0 bridgehead atoms. The molecule has 7 heteroatoms. The van der Waals surface area contributed by atoms with Gasteiger partial charge in [0.25, 0.3) is 0 Å². The van der Waals surface area contributed by atoms with Crippen LogP contribution in [0.25, 0.3) is 0 Å². The van der Waals surface area contributed by atoms with E-state index in [1.807, 2.05) is 26.0 Å². The maximum absolute atomic E-state index is 12.8. The lowest BCUT2D eigenvalue weighted by atomic mass is 9.96. The number of rotatable bonds is 7. The lowest BCUT2D eigenvalue weighted by molar-refractivity contribution is -0.123. The summed E-state index contributed by atoms with van der Waals surface area (Å²) in [6.45, 7) is 5.38. The second-order valence-corrected chi connectivity index (χ2v) is 8.23. The van der Waals surface area contributed by atoms with E-state index < -0.39 is 10.0 Å². The van der Waals surface area contributed by atoms with E-state index in [0.717, 1.165) is 12.1 Å². The van der Waals surface area contributed by atoms with Crippen molar-refractivity contribution in [2.24, 2.45) is 5.92 Å². The van der Waals surface area contributed by atoms with Gasteiger partial charge in [-0.3, -0.25) is 9.78 Å². The van der Waals surface area contributed by atoms with Crippen LogP contribution in [0.2, 0.25) is 0 Å². The van der Waals surface area contributed by atoms with Gasteiger partial charge in [0, 0.05) is 31.7 Å². The molecule has 0 unspecified atom stereocenters. The van der Waals surface area contributed by atoms with Gasteiger partial charge in [0.1, 0.15) is 0 Å². The molecule has 1 aromatic heterocycles. The maximum atomic E-state index is 12.8. The minimum Gasteiger partial charge on any atom is -0.311 e. The first-order valence-electron chi connectivity index (χ1n) is 8.68. The molecule has 1 aromatic rings. The summed E-state index contributed by atoms with van der Waals surface area (Å²) < 4.78 is 26.1. The van der Waals surface area contributed by atoms with Gasteiger partial charge < -0.3 is 4.90 Å². The van der Waals surface area contributed by atoms with Crippen molar-refractivity contribution in [1.29, 1.82) is 0 Å². The van der Waals surface area contributed by atoms with E-state index in [1.54, 1.807) is 21.6 Å². The Kier molecular flexibility index (Phi) is 6.74. The predicted octanol–water partition coefficient (Wildman–Crippen LogP) is 2.28. The van der Waals surface area contributed by atoms with Crippen molar-refractivity contribution in [2.45, 2.75) is 39.5 Å². The van der Waals surface area contributed by atoms with Gasteiger partial charge >= 0.3 is 0 Å². The fraction of sp³-hybridized carbons (Fsp3) is 0.647. The molecule has 0 saturated carbocycles. The lowest BCUT2D eigenvalue weighted by Crippen LogP contribution is -2.45. The number of nitrogens with zero attached hydrogens (tertiary/aromatic N) is 3. The molecule has 24 heavy (non-hydrogen) atoms. The van der Waals surface area contributed by atoms with E-state index in [0.29, 0.717) is 38.9 Å². The molecule has 1 fully saturated rings. The second kappa shape index (κ2) is 8.58. The maximum Gasteiger partial charge on any atom is 0.230 e. The smallest absolute Gasteiger partial charge is 0.230 e. The van der Waals surface area contributed by atoms with Gasteiger partial charge in [-0.2, -0.15) is 0 Å². The number of carbonyl (C=O) groups excluding carboxylic acids is 1. The Hall–Kier alpha value is -1.47. The number of hydrogen-bond acceptors (Lipinski definition) is 4. The summed E-state index contributed by atoms with van der Waals surface area (Å²) in [5.74, 6) is 0.151. The van der Waals surface area contributed by atoms with Crippen LogP contribution in [0, 0.1) is 5.92 Å². The highest BCUT2D eigenvalue weighted by molar-refractivity contribution is 7.89. The van der Waals surface area contributed by atoms with Crippen LogP contribution in [0.3, 0.4) is 0 Å². The summed E-state index contributed by atoms with van der Waals surface area (Å²) >= 11 is 0. The zero-order valence-electron chi connectivity index (χ0n) is 14.5. The van der Waals surface area contributed by atoms with Gasteiger partial charge in [-0.05, 0) is 38.3 Å². The average Bonchev–Trinajstić information content (AvgIpc) is 2.61. The number of unbranched alkanes of at least 4 members (excludes halogenated alkanes) is 1. The van der Waals surface area contributed by atoms with Crippen LogP contribution in [-0.4, -0.2) is 49.0 Å². The summed E-state index contributed by atoms with van der Waals surface area (Å²) in [6.07, 6.45) is 6.09. The van der Waals surface area contributed by atoms with Crippen molar-refractivity contribution in [1.82, 2.24) is 9.29 Å². The normalized spacial score (nSPS) is 16.9. The van der Waals surface area contributed by atoms with Crippen molar-refractivity contribution in [3.63, 3.8) is 0 Å². The Morgan fingerprint density at radius 3 is 2.58 bits per heavy atom. The van der Waals surface area contributed by atoms with Gasteiger partial charge in [-0.25, -0.2) is 12.7 Å². The molecule has 134 valence electrons. The first-order chi connectivity index (χ1) is 11.5. The zero-order chi connectivity index (χ0) is 17.6. The number of aromatic nitrogens is 1. The van der Waals surface area contributed by atoms with Crippen molar-refractivity contribution in [3.8, 4) is 0 Å². The van der Waals surface area contributed by atoms with Gasteiger partial charge in [0.2, 0.25) is 15.9 Å². The SMILES string of the molecule is CCCCS(=O)(=O)N1CCC(C(=O)N(CC)c2cccnc2)CC1. The highest BCUT2D eigenvalue weighted by atomic mass is 32.2. The van der Waals surface area contributed by atoms with Crippen molar-refractivity contribution < 1.29 is 13.2 Å². The van der Waals surface area contributed by atoms with E-state index in [9.17, 15) is 13.2 Å². The van der Waals surface area contributed by atoms with Crippen LogP contribution in [0.1, 0.15) is 39.5 Å². The molecule has 2 heterocycles. The van der Waals surface area contributed by atoms with Gasteiger partial charge in [0.15, 0.2) is 0 Å². The molecule has 0 radical (unpaired) electrons. The third-order valence-corrected chi connectivity index (χ3v) is 6.45. The van der Waals surface area contributed by atoms with Crippen molar-refractivity contribution >= 4 is 21.6 Å². The Balaban J connectivity index is 1.97. The third kappa shape index (κ3) is 4.54. The van der Waals surface area contributed by atoms with E-state index in [1.165, 1.54) is 0 Å². The molecule has 2 rings (SSSR count). The molecule has 1 saturated heterocycles. The monoisotopic (exact) mass is 353 g/mol. The van der Waals surface area contributed by atoms with Gasteiger partial charge in [-0.1, -0.05) is 13.3 Å². The molecule has 0 atom stereocenters. The van der Waals surface area contributed by atoms with E-state index in [4.69, 9.17) is 0 Å². The van der Waals surface area contributed by atoms with E-state index >= 15 is 0 Å². The van der Waals surface area contributed by atoms with E-state index in [2.05, 4.69) is 4.98 Å². The third-order valence-electron chi connectivity index (χ3n) is 4.49. The van der Waals surface area contributed by atoms with Gasteiger partial charge in [-0.15, -0.1) is 0 Å². The van der Waals surface area contributed by atoms with Crippen LogP contribution in [0.15, 0.2) is 24.5 Å². The molecule has 6 nitrogen and oxygen atoms in total. The molecular formula is C17H27N3O3S. The van der Waals surface area contributed by atoms with Crippen molar-refractivity contribution in [3.05, 3.63) is 24.5 Å². The van der Waals surface area contributed by atoms with Crippen LogP contribution >= 0.6 is 0 Å². The highest BCUT2D eigenvalue weighted by Gasteiger charge is 2.32. The zero-order valence-corrected chi connectivity index (χ0v) is 15.3. The number of hydrogen-bond donors (Lipinski definition) is 0. The summed E-state index contributed by atoms with van der Waals surface area (Å²) in [5, 5.41) is 0. The number of sulfonamides is 1. The molecular weight excluding hydrogens is 326 g/mol. The first kappa shape index (κ1) is 18.9. The summed E-state index contributed by atoms with van der Waals surface area (Å²) in [6, 6.07) is 3.69. The summed E-state index contributed by atoms with van der Waals surface area (Å²) in [7, 11) is -3.17. The topological polar surface area (TPSA) is 70.6 Å². The Morgan fingerprint density at radius 2 is 2.04 bits per heavy atom. The van der Waals surface area contributed by atoms with E-state index in [-0.39, 0.29) is 17.6 Å². The largest absolute Gasteiger partial charge is 0.311 e. The lowest BCUT2D eigenvalue weighted by Gasteiger charge is -2.33. The standard InChI is InChI=1S/C17H27N3O3S/c1-3-5-13-24(22,23)19-11-8-15(9-12-19)17(21)20(4-2)16-7-6-10-18-14-16/h6-7,10,14-15H,3-5,8-9,11-13H2,1-2H3. The van der Waals surface area contributed by atoms with Crippen LogP contribution < -0.4 is 4.90 Å². The average molecular weight is 353 g/mol. The molecule has 1 aliphatic heterocycles. The summed E-state index contributed by atoms with van der Waals surface area (Å²) in [5.41, 5.74) is 0.794. The number of piperidine rings is 1. The van der Waals surface area contributed by atoms with Crippen LogP contribution in [0.4, 0.5) is 5.69 Å². The Labute approximate surface area is 144 Å². The minimum absolute atomic E-state index is 0.0658. The predicted molar refractivity (Wildman–Crippen MR) is 95.3 cm³/mol. The molecule has 0 spiro atoms. The second-order valence-electron chi connectivity index (χ2n) is 6.14. The molecule has 1 amide bonds. The fourth-order valence-corrected chi connectivity index (χ4v) is 4.72. The summed E-state index contributed by atoms with van der Waals surface area (Å²) in [4.78, 5) is 18.6. The quantitative estimate of drug-likeness (QED) is 0.754. The van der Waals surface area contributed by atoms with Gasteiger partial charge in [0.05, 0.1) is 17.6 Å². The number of carbonyl (C=O) groups is 1. The first-order valence-corrected chi connectivity index (χ1v) is 10.3. The molecule has 0 N–H and O–H groups in total. The fourth-order valence-electron chi connectivity index (χ4n) is 3.04. The number of amides is 1. The van der Waals surface area contributed by atoms with Crippen molar-refractivity contribution in [2.75, 3.05) is 30.3 Å².